The van der Waals surface area contributed by atoms with Gasteiger partial charge in [-0.3, -0.25) is 4.98 Å². The number of pyridine rings is 3. The summed E-state index contributed by atoms with van der Waals surface area (Å²) in [6, 6.07) is 14.4. The molecule has 2 aliphatic heterocycles. The van der Waals surface area contributed by atoms with Crippen LogP contribution in [0.4, 0.5) is 0 Å². The van der Waals surface area contributed by atoms with Gasteiger partial charge in [0.05, 0.1) is 17.5 Å². The van der Waals surface area contributed by atoms with Crippen LogP contribution in [0.5, 0.6) is 23.3 Å². The molecule has 9 heteroatoms. The first kappa shape index (κ1) is 19.1. The van der Waals surface area contributed by atoms with Crippen molar-refractivity contribution in [3.63, 3.8) is 0 Å². The molecular formula is C24H17N5O4. The standard InChI is InChI=1S/C24H17N5O4/c25-23-29-24(12-32-23)16-8-13(14-5-7-26-21(30)9-14)3-4-19(16)33-20-11-28-18(10-17(20)24)15-2-1-6-27-22(15)31/h1-11H,12H2,(H2,25,29)(H,26,30)(H,27,31). The number of hydrogen-bond acceptors (Lipinski definition) is 9. The van der Waals surface area contributed by atoms with E-state index < -0.39 is 5.54 Å². The van der Waals surface area contributed by atoms with Gasteiger partial charge < -0.3 is 25.4 Å². The first-order valence-electron chi connectivity index (χ1n) is 10.1. The highest BCUT2D eigenvalue weighted by Crippen LogP contribution is 2.52. The molecule has 1 atom stereocenters. The van der Waals surface area contributed by atoms with Gasteiger partial charge in [-0.15, -0.1) is 0 Å². The summed E-state index contributed by atoms with van der Waals surface area (Å²) in [5, 5.41) is 20.0. The Balaban J connectivity index is 1.56. The minimum atomic E-state index is -0.965. The van der Waals surface area contributed by atoms with Crippen LogP contribution < -0.4 is 10.5 Å². The molecule has 5 heterocycles. The number of hydrogen-bond donors (Lipinski definition) is 3. The number of rotatable bonds is 2. The van der Waals surface area contributed by atoms with Gasteiger partial charge in [-0.1, -0.05) is 6.07 Å². The molecule has 4 aromatic rings. The summed E-state index contributed by atoms with van der Waals surface area (Å²) in [6.45, 7) is 0.176. The number of aliphatic imine (C=N–C) groups is 1. The Hall–Kier alpha value is -4.66. The van der Waals surface area contributed by atoms with Gasteiger partial charge in [0, 0.05) is 29.6 Å². The molecule has 0 amide bonds. The van der Waals surface area contributed by atoms with Crippen LogP contribution >= 0.6 is 0 Å². The van der Waals surface area contributed by atoms with Crippen LogP contribution in [0.3, 0.4) is 0 Å². The Morgan fingerprint density at radius 3 is 2.52 bits per heavy atom. The van der Waals surface area contributed by atoms with E-state index in [1.165, 1.54) is 6.20 Å². The van der Waals surface area contributed by atoms with Crippen molar-refractivity contribution in [1.82, 2.24) is 15.0 Å². The molecule has 0 saturated carbocycles. The SMILES string of the molecule is NC1=NC2(CO1)c1cc(-c3ccnc(O)c3)ccc1Oc1cnc(-c3cccnc3O)cc12. The zero-order chi connectivity index (χ0) is 22.6. The second kappa shape index (κ2) is 6.92. The lowest BCUT2D eigenvalue weighted by atomic mass is 9.80. The van der Waals surface area contributed by atoms with Crippen LogP contribution in [0, 0.1) is 0 Å². The number of fused-ring (bicyclic) bond motifs is 4. The predicted molar refractivity (Wildman–Crippen MR) is 119 cm³/mol. The van der Waals surface area contributed by atoms with E-state index in [1.54, 1.807) is 30.6 Å². The molecule has 0 bridgehead atoms. The Morgan fingerprint density at radius 2 is 1.73 bits per heavy atom. The van der Waals surface area contributed by atoms with Gasteiger partial charge in [-0.25, -0.2) is 15.0 Å². The molecule has 1 unspecified atom stereocenters. The second-order valence-corrected chi connectivity index (χ2v) is 7.75. The normalized spacial score (nSPS) is 18.1. The van der Waals surface area contributed by atoms with Crippen molar-refractivity contribution in [2.75, 3.05) is 6.61 Å². The summed E-state index contributed by atoms with van der Waals surface area (Å²) in [4.78, 5) is 17.0. The molecule has 0 aliphatic carbocycles. The van der Waals surface area contributed by atoms with Crippen LogP contribution in [-0.4, -0.2) is 37.8 Å². The second-order valence-electron chi connectivity index (χ2n) is 7.75. The third-order valence-corrected chi connectivity index (χ3v) is 5.83. The Kier molecular flexibility index (Phi) is 4.00. The van der Waals surface area contributed by atoms with Crippen molar-refractivity contribution >= 4 is 6.02 Å². The minimum absolute atomic E-state index is 0.0695. The van der Waals surface area contributed by atoms with E-state index in [1.807, 2.05) is 30.3 Å². The van der Waals surface area contributed by atoms with Crippen molar-refractivity contribution in [2.24, 2.45) is 10.7 Å². The van der Waals surface area contributed by atoms with Gasteiger partial charge in [-0.05, 0) is 47.5 Å². The highest BCUT2D eigenvalue weighted by atomic mass is 16.5. The average molecular weight is 439 g/mol. The monoisotopic (exact) mass is 439 g/mol. The first-order valence-corrected chi connectivity index (χ1v) is 10.1. The van der Waals surface area contributed by atoms with E-state index in [-0.39, 0.29) is 24.4 Å². The van der Waals surface area contributed by atoms with Crippen molar-refractivity contribution < 1.29 is 19.7 Å². The molecule has 1 aromatic carbocycles. The maximum Gasteiger partial charge on any atom is 0.283 e. The van der Waals surface area contributed by atoms with Crippen molar-refractivity contribution in [3.8, 4) is 45.6 Å². The summed E-state index contributed by atoms with van der Waals surface area (Å²) < 4.78 is 11.8. The predicted octanol–water partition coefficient (Wildman–Crippen LogP) is 3.31. The lowest BCUT2D eigenvalue weighted by Crippen LogP contribution is -2.31. The topological polar surface area (TPSA) is 136 Å². The molecule has 4 N–H and O–H groups in total. The minimum Gasteiger partial charge on any atom is -0.493 e. The molecule has 0 radical (unpaired) electrons. The smallest absolute Gasteiger partial charge is 0.283 e. The van der Waals surface area contributed by atoms with Crippen LogP contribution in [0.15, 0.2) is 72.1 Å². The first-order chi connectivity index (χ1) is 16.0. The van der Waals surface area contributed by atoms with Gasteiger partial charge in [0.25, 0.3) is 6.02 Å². The number of benzene rings is 1. The highest BCUT2D eigenvalue weighted by Gasteiger charge is 2.47. The van der Waals surface area contributed by atoms with E-state index in [4.69, 9.17) is 20.2 Å². The molecule has 162 valence electrons. The van der Waals surface area contributed by atoms with E-state index in [0.29, 0.717) is 28.3 Å². The summed E-state index contributed by atoms with van der Waals surface area (Å²) in [5.74, 6) is 0.929. The molecule has 1 spiro atoms. The summed E-state index contributed by atoms with van der Waals surface area (Å²) in [5.41, 5.74) is 9.11. The summed E-state index contributed by atoms with van der Waals surface area (Å²) in [6.07, 6.45) is 4.64. The lowest BCUT2D eigenvalue weighted by molar-refractivity contribution is 0.264. The molecule has 9 nitrogen and oxygen atoms in total. The average Bonchev–Trinajstić information content (AvgIpc) is 3.21. The molecule has 2 aliphatic rings. The van der Waals surface area contributed by atoms with Crippen LogP contribution in [0.1, 0.15) is 11.1 Å². The number of ether oxygens (including phenoxy) is 2. The fourth-order valence-corrected chi connectivity index (χ4v) is 4.28. The van der Waals surface area contributed by atoms with Gasteiger partial charge in [0.2, 0.25) is 11.8 Å². The van der Waals surface area contributed by atoms with Gasteiger partial charge in [0.1, 0.15) is 12.4 Å². The zero-order valence-corrected chi connectivity index (χ0v) is 17.1. The van der Waals surface area contributed by atoms with E-state index in [2.05, 4.69) is 15.0 Å². The summed E-state index contributed by atoms with van der Waals surface area (Å²) in [7, 11) is 0. The molecule has 3 aromatic heterocycles. The zero-order valence-electron chi connectivity index (χ0n) is 17.1. The maximum atomic E-state index is 10.2. The largest absolute Gasteiger partial charge is 0.493 e. The number of amidine groups is 1. The molecule has 6 rings (SSSR count). The van der Waals surface area contributed by atoms with Crippen molar-refractivity contribution in [3.05, 3.63) is 78.2 Å². The van der Waals surface area contributed by atoms with Crippen LogP contribution in [-0.2, 0) is 10.3 Å². The molecular weight excluding hydrogens is 422 g/mol. The van der Waals surface area contributed by atoms with Crippen molar-refractivity contribution in [1.29, 1.82) is 0 Å². The Morgan fingerprint density at radius 1 is 0.879 bits per heavy atom. The number of aromatic hydroxyl groups is 2. The number of nitrogens with two attached hydrogens (primary N) is 1. The molecule has 0 fully saturated rings. The number of aromatic nitrogens is 3. The fourth-order valence-electron chi connectivity index (χ4n) is 4.28. The maximum absolute atomic E-state index is 10.2. The van der Waals surface area contributed by atoms with E-state index in [9.17, 15) is 10.2 Å². The van der Waals surface area contributed by atoms with Crippen molar-refractivity contribution in [2.45, 2.75) is 5.54 Å². The Labute approximate surface area is 187 Å². The summed E-state index contributed by atoms with van der Waals surface area (Å²) >= 11 is 0. The number of nitrogens with zero attached hydrogens (tertiary/aromatic N) is 4. The fraction of sp³-hybridized carbons (Fsp3) is 0.0833. The molecule has 33 heavy (non-hydrogen) atoms. The lowest BCUT2D eigenvalue weighted by Gasteiger charge is -2.33. The quantitative estimate of drug-likeness (QED) is 0.433. The third kappa shape index (κ3) is 2.93. The van der Waals surface area contributed by atoms with Gasteiger partial charge in [-0.2, -0.15) is 0 Å². The van der Waals surface area contributed by atoms with Crippen LogP contribution in [0.25, 0.3) is 22.4 Å². The molecule has 0 saturated heterocycles. The van der Waals surface area contributed by atoms with E-state index >= 15 is 0 Å². The van der Waals surface area contributed by atoms with Gasteiger partial charge in [0.15, 0.2) is 11.3 Å². The van der Waals surface area contributed by atoms with Gasteiger partial charge >= 0.3 is 0 Å². The Bertz CT molecular complexity index is 1450. The van der Waals surface area contributed by atoms with Crippen LogP contribution in [0.2, 0.25) is 0 Å². The third-order valence-electron chi connectivity index (χ3n) is 5.83. The van der Waals surface area contributed by atoms with E-state index in [0.717, 1.165) is 16.7 Å². The highest BCUT2D eigenvalue weighted by molar-refractivity contribution is 5.78.